The minimum absolute atomic E-state index is 0.568. The van der Waals surface area contributed by atoms with E-state index in [1.165, 1.54) is 93.3 Å². The molecule has 0 amide bonds. The van der Waals surface area contributed by atoms with Gasteiger partial charge in [-0.3, -0.25) is 0 Å². The average Bonchev–Trinajstić information content (AvgIpc) is 2.75. The Balaban J connectivity index is 4.43. The predicted molar refractivity (Wildman–Crippen MR) is 139 cm³/mol. The van der Waals surface area contributed by atoms with E-state index in [1.54, 1.807) is 21.3 Å². The summed E-state index contributed by atoms with van der Waals surface area (Å²) in [6.45, 7) is 6.37. The van der Waals surface area contributed by atoms with Gasteiger partial charge in [0.25, 0.3) is 0 Å². The summed E-state index contributed by atoms with van der Waals surface area (Å²) in [7, 11) is 6.43. The van der Waals surface area contributed by atoms with Gasteiger partial charge in [-0.05, 0) is 26.7 Å². The first-order chi connectivity index (χ1) is 14.8. The zero-order valence-corrected chi connectivity index (χ0v) is 24.3. The molecule has 1 unspecified atom stereocenters. The topological polar surface area (TPSA) is 53.7 Å². The van der Waals surface area contributed by atoms with E-state index >= 15 is 0 Å². The molecule has 4 nitrogen and oxygen atoms in total. The summed E-state index contributed by atoms with van der Waals surface area (Å²) < 4.78 is 18.3. The fourth-order valence-corrected chi connectivity index (χ4v) is 5.50. The van der Waals surface area contributed by atoms with Crippen molar-refractivity contribution in [3.8, 4) is 0 Å². The first-order valence-corrected chi connectivity index (χ1v) is 14.7. The van der Waals surface area contributed by atoms with Gasteiger partial charge in [-0.2, -0.15) is 0 Å². The summed E-state index contributed by atoms with van der Waals surface area (Å²) >= 11 is 0. The first kappa shape index (κ1) is 31.1. The Bertz CT molecular complexity index is 410. The quantitative estimate of drug-likeness (QED) is 0.120. The van der Waals surface area contributed by atoms with Crippen molar-refractivity contribution < 1.29 is 14.2 Å². The van der Waals surface area contributed by atoms with E-state index in [1.807, 2.05) is 13.8 Å². The summed E-state index contributed by atoms with van der Waals surface area (Å²) in [6.07, 6.45) is 20.3. The van der Waals surface area contributed by atoms with Gasteiger partial charge >= 0.3 is 0 Å². The Labute approximate surface area is 198 Å². The molecule has 0 fully saturated rings. The van der Waals surface area contributed by atoms with Gasteiger partial charge in [0.1, 0.15) is 5.60 Å². The Morgan fingerprint density at radius 2 is 1.03 bits per heavy atom. The SMILES string of the molecule is CCCCCCCCCCCCCCCC(OC)(OC)C(CCC[SiH3])(OC)C(C)(C)N. The molecule has 31 heavy (non-hydrogen) atoms. The maximum atomic E-state index is 6.67. The molecule has 0 aromatic heterocycles. The van der Waals surface area contributed by atoms with Crippen molar-refractivity contribution in [3.05, 3.63) is 0 Å². The average molecular weight is 460 g/mol. The normalized spacial score (nSPS) is 14.8. The number of nitrogens with two attached hydrogens (primary N) is 1. The van der Waals surface area contributed by atoms with Crippen LogP contribution in [0.2, 0.25) is 6.04 Å². The Morgan fingerprint density at radius 3 is 1.35 bits per heavy atom. The van der Waals surface area contributed by atoms with E-state index in [4.69, 9.17) is 19.9 Å². The van der Waals surface area contributed by atoms with Crippen LogP contribution in [0.1, 0.15) is 124 Å². The van der Waals surface area contributed by atoms with Gasteiger partial charge in [0.05, 0.1) is 0 Å². The van der Waals surface area contributed by atoms with Crippen molar-refractivity contribution in [2.75, 3.05) is 21.3 Å². The number of ether oxygens (including phenoxy) is 3. The summed E-state index contributed by atoms with van der Waals surface area (Å²) in [4.78, 5) is 0. The summed E-state index contributed by atoms with van der Waals surface area (Å²) in [6, 6.07) is 1.23. The monoisotopic (exact) mass is 459 g/mol. The molecular formula is C26H57NO3Si. The third-order valence-electron chi connectivity index (χ3n) is 7.16. The van der Waals surface area contributed by atoms with Crippen molar-refractivity contribution in [1.82, 2.24) is 0 Å². The molecule has 5 heteroatoms. The van der Waals surface area contributed by atoms with Gasteiger partial charge in [0.2, 0.25) is 0 Å². The highest BCUT2D eigenvalue weighted by Gasteiger charge is 2.59. The van der Waals surface area contributed by atoms with Crippen LogP contribution in [0, 0.1) is 0 Å². The van der Waals surface area contributed by atoms with Crippen LogP contribution in [0.15, 0.2) is 0 Å². The van der Waals surface area contributed by atoms with Crippen LogP contribution in [0.3, 0.4) is 0 Å². The van der Waals surface area contributed by atoms with E-state index in [0.29, 0.717) is 0 Å². The lowest BCUT2D eigenvalue weighted by Gasteiger charge is -2.54. The summed E-state index contributed by atoms with van der Waals surface area (Å²) in [5.41, 5.74) is 5.44. The minimum atomic E-state index is -0.811. The molecule has 1 atom stereocenters. The van der Waals surface area contributed by atoms with Crippen molar-refractivity contribution in [2.24, 2.45) is 5.73 Å². The largest absolute Gasteiger partial charge is 0.371 e. The molecule has 2 N–H and O–H groups in total. The summed E-state index contributed by atoms with van der Waals surface area (Å²) in [5, 5.41) is 0. The molecule has 0 saturated carbocycles. The van der Waals surface area contributed by atoms with E-state index in [0.717, 1.165) is 25.7 Å². The summed E-state index contributed by atoms with van der Waals surface area (Å²) in [5.74, 6) is -0.811. The van der Waals surface area contributed by atoms with Crippen LogP contribution in [-0.4, -0.2) is 48.5 Å². The Hall–Kier alpha value is 0.0569. The lowest BCUT2D eigenvalue weighted by Crippen LogP contribution is -2.71. The van der Waals surface area contributed by atoms with Gasteiger partial charge in [0, 0.05) is 43.5 Å². The highest BCUT2D eigenvalue weighted by molar-refractivity contribution is 6.08. The number of hydrogen-bond donors (Lipinski definition) is 1. The molecule has 0 aliphatic rings. The molecule has 188 valence electrons. The Morgan fingerprint density at radius 1 is 0.613 bits per heavy atom. The third-order valence-corrected chi connectivity index (χ3v) is 7.86. The number of methoxy groups -OCH3 is 3. The molecule has 0 saturated heterocycles. The van der Waals surface area contributed by atoms with Gasteiger partial charge in [-0.1, -0.05) is 96.4 Å². The first-order valence-electron chi connectivity index (χ1n) is 13.2. The number of rotatable bonds is 22. The second-order valence-electron chi connectivity index (χ2n) is 10.0. The second-order valence-corrected chi connectivity index (χ2v) is 11.0. The zero-order chi connectivity index (χ0) is 23.6. The van der Waals surface area contributed by atoms with Crippen LogP contribution < -0.4 is 5.73 Å². The second kappa shape index (κ2) is 17.5. The fourth-order valence-electron chi connectivity index (χ4n) is 5.14. The lowest BCUT2D eigenvalue weighted by molar-refractivity contribution is -0.329. The van der Waals surface area contributed by atoms with E-state index < -0.39 is 16.9 Å². The lowest BCUT2D eigenvalue weighted by atomic mass is 9.71. The Kier molecular flexibility index (Phi) is 17.6. The highest BCUT2D eigenvalue weighted by atomic mass is 28.1. The maximum absolute atomic E-state index is 6.67. The standard InChI is InChI=1S/C26H57NO3Si/c1-7-8-9-10-11-12-13-14-15-16-17-18-19-22-26(29-5,30-6)25(28-4,21-20-23-31)24(2,3)27/h7-23,27H2,1-6,31H3. The zero-order valence-electron chi connectivity index (χ0n) is 22.3. The molecule has 0 aromatic carbocycles. The van der Waals surface area contributed by atoms with Crippen LogP contribution in [0.5, 0.6) is 0 Å². The number of hydrogen-bond acceptors (Lipinski definition) is 4. The van der Waals surface area contributed by atoms with Crippen molar-refractivity contribution in [1.29, 1.82) is 0 Å². The molecule has 0 radical (unpaired) electrons. The van der Waals surface area contributed by atoms with Gasteiger partial charge in [0.15, 0.2) is 5.79 Å². The van der Waals surface area contributed by atoms with Crippen molar-refractivity contribution in [3.63, 3.8) is 0 Å². The molecule has 0 aliphatic carbocycles. The molecule has 0 heterocycles. The molecule has 0 spiro atoms. The molecule has 0 aliphatic heterocycles. The van der Waals surface area contributed by atoms with Gasteiger partial charge in [-0.15, -0.1) is 0 Å². The predicted octanol–water partition coefficient (Wildman–Crippen LogP) is 6.14. The van der Waals surface area contributed by atoms with E-state index in [9.17, 15) is 0 Å². The van der Waals surface area contributed by atoms with Gasteiger partial charge in [-0.25, -0.2) is 0 Å². The van der Waals surface area contributed by atoms with Crippen molar-refractivity contribution >= 4 is 10.2 Å². The molecule has 0 rings (SSSR count). The van der Waals surface area contributed by atoms with Gasteiger partial charge < -0.3 is 19.9 Å². The highest BCUT2D eigenvalue weighted by Crippen LogP contribution is 2.44. The third kappa shape index (κ3) is 10.2. The van der Waals surface area contributed by atoms with E-state index in [-0.39, 0.29) is 0 Å². The van der Waals surface area contributed by atoms with Crippen LogP contribution >= 0.6 is 0 Å². The van der Waals surface area contributed by atoms with E-state index in [2.05, 4.69) is 6.92 Å². The molecular weight excluding hydrogens is 402 g/mol. The van der Waals surface area contributed by atoms with Crippen LogP contribution in [0.25, 0.3) is 0 Å². The van der Waals surface area contributed by atoms with Crippen LogP contribution in [-0.2, 0) is 14.2 Å². The fraction of sp³-hybridized carbons (Fsp3) is 1.00. The molecule has 0 aromatic rings. The van der Waals surface area contributed by atoms with Crippen LogP contribution in [0.4, 0.5) is 0 Å². The number of unbranched alkanes of at least 4 members (excludes halogenated alkanes) is 12. The maximum Gasteiger partial charge on any atom is 0.198 e. The minimum Gasteiger partial charge on any atom is -0.371 e. The van der Waals surface area contributed by atoms with Crippen molar-refractivity contribution in [2.45, 2.75) is 146 Å². The molecule has 0 bridgehead atoms. The smallest absolute Gasteiger partial charge is 0.198 e.